The number of ether oxygens (including phenoxy) is 1. The lowest BCUT2D eigenvalue weighted by atomic mass is 9.71. The summed E-state index contributed by atoms with van der Waals surface area (Å²) in [7, 11) is 3.65. The van der Waals surface area contributed by atoms with Gasteiger partial charge in [0.05, 0.1) is 0 Å². The van der Waals surface area contributed by atoms with E-state index in [1.807, 2.05) is 11.9 Å². The SMILES string of the molecule is COC(C(=O)N(C)CC1CCC(c2ccccc2)(N2CCCC2)CC1)C1CCCCN1. The van der Waals surface area contributed by atoms with Crippen molar-refractivity contribution >= 4 is 5.91 Å². The van der Waals surface area contributed by atoms with Crippen molar-refractivity contribution in [3.8, 4) is 0 Å². The Morgan fingerprint density at radius 2 is 1.84 bits per heavy atom. The highest BCUT2D eigenvalue weighted by molar-refractivity contribution is 5.81. The number of benzene rings is 1. The standard InChI is InChI=1S/C26H41N3O2/c1-28(25(30)24(31-2)23-12-6-7-17-27-23)20-21-13-15-26(16-14-21,29-18-8-9-19-29)22-10-4-3-5-11-22/h3-5,10-11,21,23-24,27H,6-9,12-20H2,1-2H3. The maximum atomic E-state index is 13.2. The fraction of sp³-hybridized carbons (Fsp3) is 0.731. The number of nitrogens with one attached hydrogen (secondary N) is 1. The predicted octanol–water partition coefficient (Wildman–Crippen LogP) is 3.78. The maximum absolute atomic E-state index is 13.2. The monoisotopic (exact) mass is 427 g/mol. The Bertz CT molecular complexity index is 690. The maximum Gasteiger partial charge on any atom is 0.253 e. The van der Waals surface area contributed by atoms with Crippen LogP contribution in [0.1, 0.15) is 63.4 Å². The smallest absolute Gasteiger partial charge is 0.253 e. The summed E-state index contributed by atoms with van der Waals surface area (Å²) >= 11 is 0. The molecule has 0 spiro atoms. The fourth-order valence-electron chi connectivity index (χ4n) is 6.29. The molecule has 31 heavy (non-hydrogen) atoms. The zero-order valence-corrected chi connectivity index (χ0v) is 19.5. The molecule has 172 valence electrons. The summed E-state index contributed by atoms with van der Waals surface area (Å²) < 4.78 is 5.66. The second-order valence-corrected chi connectivity index (χ2v) is 9.97. The van der Waals surface area contributed by atoms with Gasteiger partial charge in [0.1, 0.15) is 0 Å². The summed E-state index contributed by atoms with van der Waals surface area (Å²) in [6.45, 7) is 4.28. The van der Waals surface area contributed by atoms with E-state index in [0.717, 1.165) is 19.5 Å². The van der Waals surface area contributed by atoms with Crippen LogP contribution in [0.3, 0.4) is 0 Å². The van der Waals surface area contributed by atoms with E-state index >= 15 is 0 Å². The van der Waals surface area contributed by atoms with E-state index in [-0.39, 0.29) is 23.6 Å². The number of carbonyl (C=O) groups is 1. The number of methoxy groups -OCH3 is 1. The first-order chi connectivity index (χ1) is 15.1. The van der Waals surface area contributed by atoms with Crippen molar-refractivity contribution in [1.29, 1.82) is 0 Å². The van der Waals surface area contributed by atoms with Crippen LogP contribution in [0.5, 0.6) is 0 Å². The van der Waals surface area contributed by atoms with Gasteiger partial charge in [0.25, 0.3) is 5.91 Å². The van der Waals surface area contributed by atoms with Crippen molar-refractivity contribution in [3.05, 3.63) is 35.9 Å². The zero-order chi connectivity index (χ0) is 21.7. The van der Waals surface area contributed by atoms with E-state index in [4.69, 9.17) is 4.74 Å². The summed E-state index contributed by atoms with van der Waals surface area (Å²) in [5.41, 5.74) is 1.68. The van der Waals surface area contributed by atoms with Crippen molar-refractivity contribution in [2.45, 2.75) is 75.5 Å². The average Bonchev–Trinajstić information content (AvgIpc) is 3.37. The van der Waals surface area contributed by atoms with Gasteiger partial charge >= 0.3 is 0 Å². The molecule has 1 aromatic rings. The van der Waals surface area contributed by atoms with Crippen LogP contribution < -0.4 is 5.32 Å². The quantitative estimate of drug-likeness (QED) is 0.719. The number of hydrogen-bond acceptors (Lipinski definition) is 4. The van der Waals surface area contributed by atoms with E-state index in [1.54, 1.807) is 7.11 Å². The first kappa shape index (κ1) is 22.8. The second-order valence-electron chi connectivity index (χ2n) is 9.97. The number of likely N-dealkylation sites (tertiary alicyclic amines) is 1. The van der Waals surface area contributed by atoms with Gasteiger partial charge in [-0.3, -0.25) is 9.69 Å². The molecule has 3 fully saturated rings. The number of likely N-dealkylation sites (N-methyl/N-ethyl adjacent to an activating group) is 1. The van der Waals surface area contributed by atoms with Crippen molar-refractivity contribution in [1.82, 2.24) is 15.1 Å². The minimum absolute atomic E-state index is 0.140. The lowest BCUT2D eigenvalue weighted by Gasteiger charge is -2.47. The fourth-order valence-corrected chi connectivity index (χ4v) is 6.29. The molecule has 0 bridgehead atoms. The molecule has 1 amide bonds. The van der Waals surface area contributed by atoms with Gasteiger partial charge in [0, 0.05) is 32.3 Å². The number of amides is 1. The third-order valence-corrected chi connectivity index (χ3v) is 8.07. The molecule has 2 heterocycles. The Morgan fingerprint density at radius 1 is 1.13 bits per heavy atom. The van der Waals surface area contributed by atoms with E-state index in [2.05, 4.69) is 40.5 Å². The summed E-state index contributed by atoms with van der Waals surface area (Å²) in [6.07, 6.45) is 10.4. The van der Waals surface area contributed by atoms with Crippen LogP contribution in [-0.4, -0.2) is 68.2 Å². The highest BCUT2D eigenvalue weighted by Crippen LogP contribution is 2.45. The van der Waals surface area contributed by atoms with Crippen LogP contribution in [0.25, 0.3) is 0 Å². The first-order valence-corrected chi connectivity index (χ1v) is 12.5. The molecule has 3 aliphatic rings. The van der Waals surface area contributed by atoms with Crippen molar-refractivity contribution in [2.75, 3.05) is 40.3 Å². The van der Waals surface area contributed by atoms with Gasteiger partial charge in [-0.2, -0.15) is 0 Å². The van der Waals surface area contributed by atoms with Gasteiger partial charge < -0.3 is 15.0 Å². The van der Waals surface area contributed by atoms with Crippen LogP contribution in [0.4, 0.5) is 0 Å². The Hall–Kier alpha value is -1.43. The van der Waals surface area contributed by atoms with Crippen molar-refractivity contribution in [3.63, 3.8) is 0 Å². The Morgan fingerprint density at radius 3 is 2.45 bits per heavy atom. The Kier molecular flexibility index (Phi) is 7.68. The molecule has 1 N–H and O–H groups in total. The Labute approximate surface area is 188 Å². The van der Waals surface area contributed by atoms with Crippen molar-refractivity contribution < 1.29 is 9.53 Å². The highest BCUT2D eigenvalue weighted by Gasteiger charge is 2.43. The average molecular weight is 428 g/mol. The molecule has 4 rings (SSSR count). The van der Waals surface area contributed by atoms with Crippen LogP contribution in [-0.2, 0) is 15.1 Å². The lowest BCUT2D eigenvalue weighted by Crippen LogP contribution is -2.53. The van der Waals surface area contributed by atoms with Gasteiger partial charge in [-0.15, -0.1) is 0 Å². The van der Waals surface area contributed by atoms with E-state index in [1.165, 1.54) is 70.0 Å². The summed E-state index contributed by atoms with van der Waals surface area (Å²) in [4.78, 5) is 17.9. The molecule has 2 unspecified atom stereocenters. The van der Waals surface area contributed by atoms with Crippen LogP contribution in [0, 0.1) is 5.92 Å². The largest absolute Gasteiger partial charge is 0.370 e. The number of nitrogens with zero attached hydrogens (tertiary/aromatic N) is 2. The second kappa shape index (κ2) is 10.5. The zero-order valence-electron chi connectivity index (χ0n) is 19.5. The molecule has 5 heteroatoms. The lowest BCUT2D eigenvalue weighted by molar-refractivity contribution is -0.143. The molecule has 5 nitrogen and oxygen atoms in total. The summed E-state index contributed by atoms with van der Waals surface area (Å²) in [5.74, 6) is 0.714. The van der Waals surface area contributed by atoms with Gasteiger partial charge in [0.15, 0.2) is 6.10 Å². The molecule has 1 aromatic carbocycles. The first-order valence-electron chi connectivity index (χ1n) is 12.5. The number of piperidine rings is 1. The van der Waals surface area contributed by atoms with E-state index < -0.39 is 0 Å². The third kappa shape index (κ3) is 4.99. The third-order valence-electron chi connectivity index (χ3n) is 8.07. The van der Waals surface area contributed by atoms with Crippen LogP contribution >= 0.6 is 0 Å². The minimum Gasteiger partial charge on any atom is -0.370 e. The number of carbonyl (C=O) groups excluding carboxylic acids is 1. The highest BCUT2D eigenvalue weighted by atomic mass is 16.5. The van der Waals surface area contributed by atoms with Crippen LogP contribution in [0.15, 0.2) is 30.3 Å². The minimum atomic E-state index is -0.359. The molecule has 0 radical (unpaired) electrons. The van der Waals surface area contributed by atoms with Crippen molar-refractivity contribution in [2.24, 2.45) is 5.92 Å². The van der Waals surface area contributed by atoms with E-state index in [9.17, 15) is 4.79 Å². The Balaban J connectivity index is 1.37. The summed E-state index contributed by atoms with van der Waals surface area (Å²) in [6, 6.07) is 11.3. The van der Waals surface area contributed by atoms with E-state index in [0.29, 0.717) is 5.92 Å². The number of rotatable bonds is 7. The van der Waals surface area contributed by atoms with Gasteiger partial charge in [-0.1, -0.05) is 36.8 Å². The van der Waals surface area contributed by atoms with Gasteiger partial charge in [-0.25, -0.2) is 0 Å². The normalized spacial score (nSPS) is 30.8. The molecule has 0 aromatic heterocycles. The molecule has 2 saturated heterocycles. The predicted molar refractivity (Wildman–Crippen MR) is 125 cm³/mol. The molecular weight excluding hydrogens is 386 g/mol. The van der Waals surface area contributed by atoms with Crippen LogP contribution in [0.2, 0.25) is 0 Å². The molecule has 1 saturated carbocycles. The van der Waals surface area contributed by atoms with Gasteiger partial charge in [0.2, 0.25) is 0 Å². The molecule has 1 aliphatic carbocycles. The topological polar surface area (TPSA) is 44.8 Å². The number of hydrogen-bond donors (Lipinski definition) is 1. The summed E-state index contributed by atoms with van der Waals surface area (Å²) in [5, 5.41) is 3.49. The molecular formula is C26H41N3O2. The van der Waals surface area contributed by atoms with Gasteiger partial charge in [-0.05, 0) is 82.5 Å². The molecule has 2 aliphatic heterocycles. The molecule has 2 atom stereocenters.